The van der Waals surface area contributed by atoms with Gasteiger partial charge in [0.05, 0.1) is 11.8 Å². The number of halogens is 1. The van der Waals surface area contributed by atoms with Crippen LogP contribution in [0.25, 0.3) is 0 Å². The Bertz CT molecular complexity index is 574. The molecule has 0 radical (unpaired) electrons. The number of pyridine rings is 2. The van der Waals surface area contributed by atoms with Gasteiger partial charge in [0.25, 0.3) is 5.91 Å². The van der Waals surface area contributed by atoms with Crippen LogP contribution >= 0.6 is 0 Å². The number of amides is 1. The molecule has 0 aliphatic heterocycles. The number of nitrogens with zero attached hydrogens (tertiary/aromatic N) is 2. The van der Waals surface area contributed by atoms with Gasteiger partial charge in [-0.3, -0.25) is 9.78 Å². The highest BCUT2D eigenvalue weighted by Gasteiger charge is 2.11. The number of nitrogens with two attached hydrogens (primary N) is 1. The minimum Gasteiger partial charge on any atom is -0.383 e. The molecule has 0 unspecified atom stereocenters. The second-order valence-corrected chi connectivity index (χ2v) is 3.95. The first-order valence-electron chi connectivity index (χ1n) is 5.75. The number of aromatic nitrogens is 2. The van der Waals surface area contributed by atoms with Crippen LogP contribution in [0.5, 0.6) is 0 Å². The van der Waals surface area contributed by atoms with Gasteiger partial charge in [-0.1, -0.05) is 6.07 Å². The maximum absolute atomic E-state index is 13.0. The number of hydrogen-bond donors (Lipinski definition) is 2. The van der Waals surface area contributed by atoms with Crippen LogP contribution in [0.1, 0.15) is 15.9 Å². The molecule has 5 nitrogen and oxygen atoms in total. The van der Waals surface area contributed by atoms with E-state index in [1.54, 1.807) is 12.4 Å². The van der Waals surface area contributed by atoms with Gasteiger partial charge in [0.15, 0.2) is 0 Å². The fourth-order valence-electron chi connectivity index (χ4n) is 1.59. The molecular weight excluding hydrogens is 247 g/mol. The molecule has 0 saturated heterocycles. The fourth-order valence-corrected chi connectivity index (χ4v) is 1.59. The van der Waals surface area contributed by atoms with Crippen LogP contribution in [0, 0.1) is 5.82 Å². The lowest BCUT2D eigenvalue weighted by atomic mass is 10.2. The Hall–Kier alpha value is -2.50. The number of rotatable bonds is 4. The SMILES string of the molecule is Nc1ncc(F)cc1C(=O)NCCc1cccnc1. The molecule has 3 N–H and O–H groups in total. The van der Waals surface area contributed by atoms with Crippen molar-refractivity contribution in [2.24, 2.45) is 0 Å². The number of anilines is 1. The summed E-state index contributed by atoms with van der Waals surface area (Å²) >= 11 is 0. The molecule has 2 rings (SSSR count). The Balaban J connectivity index is 1.93. The lowest BCUT2D eigenvalue weighted by molar-refractivity contribution is 0.0954. The van der Waals surface area contributed by atoms with E-state index in [9.17, 15) is 9.18 Å². The Labute approximate surface area is 109 Å². The monoisotopic (exact) mass is 260 g/mol. The fraction of sp³-hybridized carbons (Fsp3) is 0.154. The van der Waals surface area contributed by atoms with Gasteiger partial charge in [-0.15, -0.1) is 0 Å². The zero-order chi connectivity index (χ0) is 13.7. The second kappa shape index (κ2) is 5.90. The molecule has 2 aromatic heterocycles. The first-order valence-corrected chi connectivity index (χ1v) is 5.75. The van der Waals surface area contributed by atoms with Gasteiger partial charge >= 0.3 is 0 Å². The van der Waals surface area contributed by atoms with E-state index in [0.717, 1.165) is 17.8 Å². The molecule has 0 bridgehead atoms. The zero-order valence-corrected chi connectivity index (χ0v) is 10.1. The Kier molecular flexibility index (Phi) is 4.02. The molecule has 1 amide bonds. The highest BCUT2D eigenvalue weighted by molar-refractivity contribution is 5.98. The topological polar surface area (TPSA) is 80.9 Å². The Morgan fingerprint density at radius 2 is 2.26 bits per heavy atom. The molecule has 0 atom stereocenters. The highest BCUT2D eigenvalue weighted by atomic mass is 19.1. The van der Waals surface area contributed by atoms with Crippen LogP contribution < -0.4 is 11.1 Å². The number of nitrogen functional groups attached to an aromatic ring is 1. The van der Waals surface area contributed by atoms with Crippen molar-refractivity contribution in [3.05, 3.63) is 53.7 Å². The van der Waals surface area contributed by atoms with Crippen LogP contribution in [0.3, 0.4) is 0 Å². The maximum atomic E-state index is 13.0. The number of carbonyl (C=O) groups is 1. The number of hydrogen-bond acceptors (Lipinski definition) is 4. The van der Waals surface area contributed by atoms with Gasteiger partial charge in [0.1, 0.15) is 11.6 Å². The average molecular weight is 260 g/mol. The first-order chi connectivity index (χ1) is 9.16. The van der Waals surface area contributed by atoms with Crippen molar-refractivity contribution >= 4 is 11.7 Å². The summed E-state index contributed by atoms with van der Waals surface area (Å²) in [4.78, 5) is 19.4. The van der Waals surface area contributed by atoms with Crippen molar-refractivity contribution in [3.63, 3.8) is 0 Å². The molecule has 98 valence electrons. The van der Waals surface area contributed by atoms with E-state index in [2.05, 4.69) is 15.3 Å². The van der Waals surface area contributed by atoms with Gasteiger partial charge in [-0.25, -0.2) is 9.37 Å². The third-order valence-corrected chi connectivity index (χ3v) is 2.55. The number of carbonyl (C=O) groups excluding carboxylic acids is 1. The summed E-state index contributed by atoms with van der Waals surface area (Å²) in [5, 5.41) is 2.66. The minimum absolute atomic E-state index is 0.0141. The molecule has 0 spiro atoms. The lowest BCUT2D eigenvalue weighted by Crippen LogP contribution is -2.27. The van der Waals surface area contributed by atoms with E-state index in [1.807, 2.05) is 12.1 Å². The van der Waals surface area contributed by atoms with E-state index in [-0.39, 0.29) is 11.4 Å². The first kappa shape index (κ1) is 12.9. The van der Waals surface area contributed by atoms with E-state index < -0.39 is 11.7 Å². The molecule has 6 heteroatoms. The zero-order valence-electron chi connectivity index (χ0n) is 10.1. The van der Waals surface area contributed by atoms with Crippen LogP contribution in [0.15, 0.2) is 36.8 Å². The van der Waals surface area contributed by atoms with Gasteiger partial charge in [-0.2, -0.15) is 0 Å². The standard InChI is InChI=1S/C13H13FN4O/c14-10-6-11(12(15)18-8-10)13(19)17-5-3-9-2-1-4-16-7-9/h1-2,4,6-8H,3,5H2,(H2,15,18)(H,17,19). The molecular formula is C13H13FN4O. The third kappa shape index (κ3) is 3.48. The van der Waals surface area contributed by atoms with E-state index in [4.69, 9.17) is 5.73 Å². The number of nitrogens with one attached hydrogen (secondary N) is 1. The average Bonchev–Trinajstić information content (AvgIpc) is 2.42. The van der Waals surface area contributed by atoms with Crippen molar-refractivity contribution in [1.29, 1.82) is 0 Å². The van der Waals surface area contributed by atoms with Crippen LogP contribution in [0.4, 0.5) is 10.2 Å². The summed E-state index contributed by atoms with van der Waals surface area (Å²) < 4.78 is 13.0. The largest absolute Gasteiger partial charge is 0.383 e. The summed E-state index contributed by atoms with van der Waals surface area (Å²) in [5.41, 5.74) is 6.58. The van der Waals surface area contributed by atoms with Crippen molar-refractivity contribution in [2.75, 3.05) is 12.3 Å². The third-order valence-electron chi connectivity index (χ3n) is 2.55. The van der Waals surface area contributed by atoms with Gasteiger partial charge < -0.3 is 11.1 Å². The molecule has 2 heterocycles. The Morgan fingerprint density at radius 3 is 3.00 bits per heavy atom. The van der Waals surface area contributed by atoms with Crippen molar-refractivity contribution in [1.82, 2.24) is 15.3 Å². The summed E-state index contributed by atoms with van der Waals surface area (Å²) in [6.07, 6.45) is 5.02. The normalized spacial score (nSPS) is 10.2. The predicted octanol–water partition coefficient (Wildman–Crippen LogP) is 1.17. The molecule has 0 fully saturated rings. The molecule has 0 aromatic carbocycles. The van der Waals surface area contributed by atoms with Crippen LogP contribution in [0.2, 0.25) is 0 Å². The quantitative estimate of drug-likeness (QED) is 0.864. The lowest BCUT2D eigenvalue weighted by Gasteiger charge is -2.06. The van der Waals surface area contributed by atoms with E-state index in [0.29, 0.717) is 13.0 Å². The maximum Gasteiger partial charge on any atom is 0.255 e. The van der Waals surface area contributed by atoms with E-state index >= 15 is 0 Å². The minimum atomic E-state index is -0.591. The molecule has 0 saturated carbocycles. The molecule has 19 heavy (non-hydrogen) atoms. The van der Waals surface area contributed by atoms with Crippen LogP contribution in [-0.4, -0.2) is 22.4 Å². The second-order valence-electron chi connectivity index (χ2n) is 3.95. The van der Waals surface area contributed by atoms with Crippen LogP contribution in [-0.2, 0) is 6.42 Å². The summed E-state index contributed by atoms with van der Waals surface area (Å²) in [6, 6.07) is 4.81. The summed E-state index contributed by atoms with van der Waals surface area (Å²) in [5.74, 6) is -1.01. The molecule has 2 aromatic rings. The van der Waals surface area contributed by atoms with Crippen molar-refractivity contribution in [2.45, 2.75) is 6.42 Å². The molecule has 0 aliphatic rings. The Morgan fingerprint density at radius 1 is 1.42 bits per heavy atom. The van der Waals surface area contributed by atoms with Gasteiger partial charge in [0.2, 0.25) is 0 Å². The predicted molar refractivity (Wildman–Crippen MR) is 68.9 cm³/mol. The van der Waals surface area contributed by atoms with Crippen molar-refractivity contribution in [3.8, 4) is 0 Å². The molecule has 0 aliphatic carbocycles. The summed E-state index contributed by atoms with van der Waals surface area (Å²) in [6.45, 7) is 0.417. The summed E-state index contributed by atoms with van der Waals surface area (Å²) in [7, 11) is 0. The highest BCUT2D eigenvalue weighted by Crippen LogP contribution is 2.09. The van der Waals surface area contributed by atoms with E-state index in [1.165, 1.54) is 0 Å². The smallest absolute Gasteiger partial charge is 0.255 e. The van der Waals surface area contributed by atoms with Gasteiger partial charge in [0, 0.05) is 18.9 Å². The van der Waals surface area contributed by atoms with Crippen molar-refractivity contribution < 1.29 is 9.18 Å². The van der Waals surface area contributed by atoms with Gasteiger partial charge in [-0.05, 0) is 24.1 Å².